The van der Waals surface area contributed by atoms with Crippen LogP contribution in [0.15, 0.2) is 43.0 Å². The summed E-state index contributed by atoms with van der Waals surface area (Å²) in [6.45, 7) is 5.62. The summed E-state index contributed by atoms with van der Waals surface area (Å²) >= 11 is 0. The zero-order chi connectivity index (χ0) is 12.8. The highest BCUT2D eigenvalue weighted by atomic mass is 16.5. The zero-order valence-electron chi connectivity index (χ0n) is 10.5. The minimum absolute atomic E-state index is 0.00181. The van der Waals surface area contributed by atoms with Gasteiger partial charge in [-0.05, 0) is 24.5 Å². The van der Waals surface area contributed by atoms with Gasteiger partial charge in [0.1, 0.15) is 0 Å². The van der Waals surface area contributed by atoms with Gasteiger partial charge in [-0.25, -0.2) is 0 Å². The molecule has 2 rings (SSSR count). The molecular formula is C15H19NO2. The second kappa shape index (κ2) is 5.83. The molecule has 3 nitrogen and oxygen atoms in total. The maximum Gasteiger partial charge on any atom is 0.243 e. The molecule has 0 unspecified atom stereocenters. The Morgan fingerprint density at radius 1 is 1.33 bits per heavy atom. The molecule has 1 aromatic carbocycles. The molecule has 0 saturated carbocycles. The Labute approximate surface area is 108 Å². The Bertz CT molecular complexity index is 408. The first-order valence-electron chi connectivity index (χ1n) is 6.30. The van der Waals surface area contributed by atoms with Gasteiger partial charge in [-0.2, -0.15) is 0 Å². The number of nitrogens with one attached hydrogen (secondary N) is 1. The SMILES string of the molecule is C=CC(=O)NCC1(c2ccccc2)CCOCC1. The smallest absolute Gasteiger partial charge is 0.243 e. The lowest BCUT2D eigenvalue weighted by molar-refractivity contribution is -0.117. The first-order valence-corrected chi connectivity index (χ1v) is 6.30. The van der Waals surface area contributed by atoms with Crippen LogP contribution in [0.4, 0.5) is 0 Å². The minimum Gasteiger partial charge on any atom is -0.381 e. The van der Waals surface area contributed by atoms with Crippen LogP contribution in [0, 0.1) is 0 Å². The van der Waals surface area contributed by atoms with Crippen LogP contribution in [0.5, 0.6) is 0 Å². The molecule has 1 aliphatic rings. The lowest BCUT2D eigenvalue weighted by Crippen LogP contribution is -2.44. The maximum atomic E-state index is 11.4. The van der Waals surface area contributed by atoms with Crippen molar-refractivity contribution in [1.82, 2.24) is 5.32 Å². The lowest BCUT2D eigenvalue weighted by atomic mass is 9.74. The van der Waals surface area contributed by atoms with Crippen LogP contribution in [0.1, 0.15) is 18.4 Å². The van der Waals surface area contributed by atoms with Crippen molar-refractivity contribution in [3.8, 4) is 0 Å². The predicted molar refractivity (Wildman–Crippen MR) is 71.4 cm³/mol. The average Bonchev–Trinajstić information content (AvgIpc) is 2.46. The first-order chi connectivity index (χ1) is 8.77. The van der Waals surface area contributed by atoms with Crippen LogP contribution in [-0.4, -0.2) is 25.7 Å². The van der Waals surface area contributed by atoms with E-state index in [9.17, 15) is 4.79 Å². The Hall–Kier alpha value is -1.61. The molecule has 1 aromatic rings. The Morgan fingerprint density at radius 3 is 2.61 bits per heavy atom. The van der Waals surface area contributed by atoms with Gasteiger partial charge in [0.05, 0.1) is 0 Å². The molecule has 1 fully saturated rings. The summed E-state index contributed by atoms with van der Waals surface area (Å²) in [5.41, 5.74) is 1.27. The molecule has 3 heteroatoms. The van der Waals surface area contributed by atoms with Crippen LogP contribution in [0.3, 0.4) is 0 Å². The van der Waals surface area contributed by atoms with Gasteiger partial charge in [0.2, 0.25) is 5.91 Å². The van der Waals surface area contributed by atoms with Crippen molar-refractivity contribution in [1.29, 1.82) is 0 Å². The maximum absolute atomic E-state index is 11.4. The van der Waals surface area contributed by atoms with Crippen molar-refractivity contribution in [3.63, 3.8) is 0 Å². The summed E-state index contributed by atoms with van der Waals surface area (Å²) in [5, 5.41) is 2.93. The van der Waals surface area contributed by atoms with Crippen molar-refractivity contribution >= 4 is 5.91 Å². The molecule has 0 aliphatic carbocycles. The van der Waals surface area contributed by atoms with Crippen LogP contribution < -0.4 is 5.32 Å². The number of hydrogen-bond acceptors (Lipinski definition) is 2. The van der Waals surface area contributed by atoms with E-state index < -0.39 is 0 Å². The van der Waals surface area contributed by atoms with Gasteiger partial charge in [0.25, 0.3) is 0 Å². The minimum atomic E-state index is -0.114. The quantitative estimate of drug-likeness (QED) is 0.824. The third-order valence-corrected chi connectivity index (χ3v) is 3.62. The fraction of sp³-hybridized carbons (Fsp3) is 0.400. The number of carbonyl (C=O) groups is 1. The van der Waals surface area contributed by atoms with Crippen molar-refractivity contribution < 1.29 is 9.53 Å². The first kappa shape index (κ1) is 12.8. The van der Waals surface area contributed by atoms with E-state index in [1.165, 1.54) is 11.6 Å². The molecule has 1 heterocycles. The van der Waals surface area contributed by atoms with Crippen molar-refractivity contribution in [3.05, 3.63) is 48.6 Å². The highest BCUT2D eigenvalue weighted by molar-refractivity contribution is 5.86. The van der Waals surface area contributed by atoms with E-state index in [1.807, 2.05) is 18.2 Å². The summed E-state index contributed by atoms with van der Waals surface area (Å²) in [6, 6.07) is 10.4. The van der Waals surface area contributed by atoms with Gasteiger partial charge in [0.15, 0.2) is 0 Å². The molecule has 96 valence electrons. The third kappa shape index (κ3) is 2.79. The van der Waals surface area contributed by atoms with Gasteiger partial charge in [0, 0.05) is 25.2 Å². The second-order valence-electron chi connectivity index (χ2n) is 4.68. The van der Waals surface area contributed by atoms with E-state index in [-0.39, 0.29) is 11.3 Å². The Balaban J connectivity index is 2.17. The van der Waals surface area contributed by atoms with Crippen LogP contribution >= 0.6 is 0 Å². The molecule has 1 aliphatic heterocycles. The van der Waals surface area contributed by atoms with E-state index in [0.29, 0.717) is 6.54 Å². The van der Waals surface area contributed by atoms with Crippen LogP contribution in [-0.2, 0) is 14.9 Å². The van der Waals surface area contributed by atoms with Crippen LogP contribution in [0.25, 0.3) is 0 Å². The normalized spacial score (nSPS) is 18.0. The number of ether oxygens (including phenoxy) is 1. The molecule has 0 spiro atoms. The predicted octanol–water partition coefficient (Wildman–Crippen LogP) is 2.04. The van der Waals surface area contributed by atoms with E-state index in [4.69, 9.17) is 4.74 Å². The molecule has 1 N–H and O–H groups in total. The third-order valence-electron chi connectivity index (χ3n) is 3.62. The molecule has 1 saturated heterocycles. The average molecular weight is 245 g/mol. The molecule has 0 aromatic heterocycles. The summed E-state index contributed by atoms with van der Waals surface area (Å²) in [5.74, 6) is -0.114. The number of rotatable bonds is 4. The summed E-state index contributed by atoms with van der Waals surface area (Å²) in [4.78, 5) is 11.4. The summed E-state index contributed by atoms with van der Waals surface area (Å²) in [6.07, 6.45) is 3.20. The fourth-order valence-corrected chi connectivity index (χ4v) is 2.45. The van der Waals surface area contributed by atoms with E-state index >= 15 is 0 Å². The lowest BCUT2D eigenvalue weighted by Gasteiger charge is -2.37. The number of carbonyl (C=O) groups excluding carboxylic acids is 1. The van der Waals surface area contributed by atoms with Crippen LogP contribution in [0.2, 0.25) is 0 Å². The van der Waals surface area contributed by atoms with Gasteiger partial charge >= 0.3 is 0 Å². The standard InChI is InChI=1S/C15H19NO2/c1-2-14(17)16-12-15(8-10-18-11-9-15)13-6-4-3-5-7-13/h2-7H,1,8-12H2,(H,16,17). The van der Waals surface area contributed by atoms with Gasteiger partial charge in [-0.3, -0.25) is 4.79 Å². The van der Waals surface area contributed by atoms with Crippen molar-refractivity contribution in [2.45, 2.75) is 18.3 Å². The van der Waals surface area contributed by atoms with Gasteiger partial charge in [-0.15, -0.1) is 0 Å². The van der Waals surface area contributed by atoms with Gasteiger partial charge in [-0.1, -0.05) is 36.9 Å². The number of hydrogen-bond donors (Lipinski definition) is 1. The zero-order valence-corrected chi connectivity index (χ0v) is 10.5. The Kier molecular flexibility index (Phi) is 4.15. The highest BCUT2D eigenvalue weighted by Gasteiger charge is 2.34. The molecule has 1 amide bonds. The fourth-order valence-electron chi connectivity index (χ4n) is 2.45. The van der Waals surface area contributed by atoms with E-state index in [0.717, 1.165) is 26.1 Å². The summed E-state index contributed by atoms with van der Waals surface area (Å²) < 4.78 is 5.45. The van der Waals surface area contributed by atoms with Crippen molar-refractivity contribution in [2.75, 3.05) is 19.8 Å². The number of amides is 1. The topological polar surface area (TPSA) is 38.3 Å². The van der Waals surface area contributed by atoms with E-state index in [1.54, 1.807) is 0 Å². The Morgan fingerprint density at radius 2 is 2.00 bits per heavy atom. The van der Waals surface area contributed by atoms with Gasteiger partial charge < -0.3 is 10.1 Å². The highest BCUT2D eigenvalue weighted by Crippen LogP contribution is 2.34. The van der Waals surface area contributed by atoms with E-state index in [2.05, 4.69) is 24.0 Å². The van der Waals surface area contributed by atoms with Crippen molar-refractivity contribution in [2.24, 2.45) is 0 Å². The molecular weight excluding hydrogens is 226 g/mol. The largest absolute Gasteiger partial charge is 0.381 e. The second-order valence-corrected chi connectivity index (χ2v) is 4.68. The molecule has 18 heavy (non-hydrogen) atoms. The molecule has 0 bridgehead atoms. The summed E-state index contributed by atoms with van der Waals surface area (Å²) in [7, 11) is 0. The number of benzene rings is 1. The molecule has 0 atom stereocenters. The molecule has 0 radical (unpaired) electrons. The monoisotopic (exact) mass is 245 g/mol.